The normalized spacial score (nSPS) is 10.4. The predicted octanol–water partition coefficient (Wildman–Crippen LogP) is -0.904. The third kappa shape index (κ3) is 3.20. The Morgan fingerprint density at radius 1 is 1.69 bits per heavy atom. The van der Waals surface area contributed by atoms with Gasteiger partial charge in [0.05, 0.1) is 6.20 Å². The fourth-order valence-electron chi connectivity index (χ4n) is 0.795. The van der Waals surface area contributed by atoms with E-state index in [1.165, 1.54) is 6.20 Å². The Morgan fingerprint density at radius 2 is 2.46 bits per heavy atom. The molecule has 72 valence electrons. The SMILES string of the molecule is CN(C)CCNC(=O)c1cn[nH]n1. The molecule has 0 aliphatic carbocycles. The zero-order chi connectivity index (χ0) is 9.68. The van der Waals surface area contributed by atoms with E-state index in [1.807, 2.05) is 19.0 Å². The van der Waals surface area contributed by atoms with Gasteiger partial charge in [0.2, 0.25) is 0 Å². The summed E-state index contributed by atoms with van der Waals surface area (Å²) in [4.78, 5) is 13.2. The van der Waals surface area contributed by atoms with Gasteiger partial charge in [-0.3, -0.25) is 4.79 Å². The van der Waals surface area contributed by atoms with Gasteiger partial charge < -0.3 is 10.2 Å². The van der Waals surface area contributed by atoms with Crippen molar-refractivity contribution in [2.24, 2.45) is 0 Å². The van der Waals surface area contributed by atoms with E-state index >= 15 is 0 Å². The molecule has 0 atom stereocenters. The minimum Gasteiger partial charge on any atom is -0.349 e. The molecule has 2 N–H and O–H groups in total. The molecule has 0 saturated heterocycles. The van der Waals surface area contributed by atoms with Gasteiger partial charge in [0.1, 0.15) is 0 Å². The van der Waals surface area contributed by atoms with Crippen LogP contribution >= 0.6 is 0 Å². The number of nitrogens with one attached hydrogen (secondary N) is 2. The number of rotatable bonds is 4. The van der Waals surface area contributed by atoms with Crippen molar-refractivity contribution in [1.82, 2.24) is 25.6 Å². The number of aromatic amines is 1. The summed E-state index contributed by atoms with van der Waals surface area (Å²) in [5, 5.41) is 12.3. The Kier molecular flexibility index (Phi) is 3.39. The first-order valence-electron chi connectivity index (χ1n) is 3.99. The van der Waals surface area contributed by atoms with Crippen LogP contribution in [0.4, 0.5) is 0 Å². The average molecular weight is 183 g/mol. The lowest BCUT2D eigenvalue weighted by atomic mass is 10.4. The standard InChI is InChI=1S/C7H13N5O/c1-12(2)4-3-8-7(13)6-5-9-11-10-6/h5H,3-4H2,1-2H3,(H,8,13)(H,9,10,11). The third-order valence-electron chi connectivity index (χ3n) is 1.49. The van der Waals surface area contributed by atoms with Crippen molar-refractivity contribution in [3.05, 3.63) is 11.9 Å². The zero-order valence-corrected chi connectivity index (χ0v) is 7.74. The van der Waals surface area contributed by atoms with E-state index < -0.39 is 0 Å². The molecular weight excluding hydrogens is 170 g/mol. The van der Waals surface area contributed by atoms with Crippen LogP contribution in [0.3, 0.4) is 0 Å². The molecule has 0 radical (unpaired) electrons. The summed E-state index contributed by atoms with van der Waals surface area (Å²) < 4.78 is 0. The fourth-order valence-corrected chi connectivity index (χ4v) is 0.795. The van der Waals surface area contributed by atoms with Crippen LogP contribution in [0.15, 0.2) is 6.20 Å². The van der Waals surface area contributed by atoms with E-state index in [-0.39, 0.29) is 5.91 Å². The van der Waals surface area contributed by atoms with Crippen LogP contribution < -0.4 is 5.32 Å². The number of aromatic nitrogens is 3. The number of amides is 1. The van der Waals surface area contributed by atoms with E-state index in [9.17, 15) is 4.79 Å². The summed E-state index contributed by atoms with van der Waals surface area (Å²) in [6, 6.07) is 0. The van der Waals surface area contributed by atoms with Crippen molar-refractivity contribution < 1.29 is 4.79 Å². The molecule has 6 heteroatoms. The Hall–Kier alpha value is -1.43. The number of H-pyrrole nitrogens is 1. The number of likely N-dealkylation sites (N-methyl/N-ethyl adjacent to an activating group) is 1. The first-order valence-corrected chi connectivity index (χ1v) is 3.99. The first kappa shape index (κ1) is 9.66. The molecule has 0 bridgehead atoms. The van der Waals surface area contributed by atoms with Crippen LogP contribution in [0.1, 0.15) is 10.5 Å². The molecule has 0 saturated carbocycles. The van der Waals surface area contributed by atoms with Crippen LogP contribution in [-0.4, -0.2) is 53.4 Å². The van der Waals surface area contributed by atoms with Gasteiger partial charge in [0, 0.05) is 13.1 Å². The van der Waals surface area contributed by atoms with Gasteiger partial charge in [-0.15, -0.1) is 0 Å². The molecule has 0 aliphatic heterocycles. The summed E-state index contributed by atoms with van der Waals surface area (Å²) in [7, 11) is 3.89. The molecule has 1 heterocycles. The van der Waals surface area contributed by atoms with Crippen LogP contribution in [0.2, 0.25) is 0 Å². The summed E-state index contributed by atoms with van der Waals surface area (Å²) >= 11 is 0. The van der Waals surface area contributed by atoms with Crippen molar-refractivity contribution >= 4 is 5.91 Å². The van der Waals surface area contributed by atoms with Crippen LogP contribution in [0.25, 0.3) is 0 Å². The van der Waals surface area contributed by atoms with Gasteiger partial charge in [0.15, 0.2) is 5.69 Å². The number of nitrogens with zero attached hydrogens (tertiary/aromatic N) is 3. The molecule has 0 aliphatic rings. The summed E-state index contributed by atoms with van der Waals surface area (Å²) in [6.07, 6.45) is 1.39. The molecule has 0 fully saturated rings. The second kappa shape index (κ2) is 4.56. The maximum absolute atomic E-state index is 11.2. The van der Waals surface area contributed by atoms with Gasteiger partial charge in [-0.05, 0) is 14.1 Å². The lowest BCUT2D eigenvalue weighted by Crippen LogP contribution is -2.31. The lowest BCUT2D eigenvalue weighted by Gasteiger charge is -2.08. The number of hydrogen-bond acceptors (Lipinski definition) is 4. The molecule has 6 nitrogen and oxygen atoms in total. The smallest absolute Gasteiger partial charge is 0.273 e. The zero-order valence-electron chi connectivity index (χ0n) is 7.74. The first-order chi connectivity index (χ1) is 6.20. The van der Waals surface area contributed by atoms with Crippen molar-refractivity contribution in [3.63, 3.8) is 0 Å². The van der Waals surface area contributed by atoms with E-state index in [0.29, 0.717) is 12.2 Å². The average Bonchev–Trinajstić information content (AvgIpc) is 2.55. The summed E-state index contributed by atoms with van der Waals surface area (Å²) in [5.74, 6) is -0.199. The number of carbonyl (C=O) groups excluding carboxylic acids is 1. The van der Waals surface area contributed by atoms with Gasteiger partial charge in [0.25, 0.3) is 5.91 Å². The molecule has 0 unspecified atom stereocenters. The highest BCUT2D eigenvalue weighted by Crippen LogP contribution is 1.86. The molecule has 1 aromatic rings. The monoisotopic (exact) mass is 183 g/mol. The Balaban J connectivity index is 2.27. The van der Waals surface area contributed by atoms with Crippen molar-refractivity contribution in [2.45, 2.75) is 0 Å². The quantitative estimate of drug-likeness (QED) is 0.634. The van der Waals surface area contributed by atoms with Gasteiger partial charge in [-0.25, -0.2) is 0 Å². The summed E-state index contributed by atoms with van der Waals surface area (Å²) in [6.45, 7) is 1.42. The third-order valence-corrected chi connectivity index (χ3v) is 1.49. The molecule has 0 aromatic carbocycles. The van der Waals surface area contributed by atoms with Crippen LogP contribution in [0, 0.1) is 0 Å². The Labute approximate surface area is 76.3 Å². The van der Waals surface area contributed by atoms with Crippen molar-refractivity contribution in [3.8, 4) is 0 Å². The lowest BCUT2D eigenvalue weighted by molar-refractivity contribution is 0.0946. The second-order valence-corrected chi connectivity index (χ2v) is 2.91. The van der Waals surface area contributed by atoms with E-state index in [1.54, 1.807) is 0 Å². The molecule has 13 heavy (non-hydrogen) atoms. The highest BCUT2D eigenvalue weighted by molar-refractivity contribution is 5.91. The van der Waals surface area contributed by atoms with E-state index in [2.05, 4.69) is 20.7 Å². The topological polar surface area (TPSA) is 73.9 Å². The van der Waals surface area contributed by atoms with Gasteiger partial charge in [-0.1, -0.05) is 0 Å². The molecular formula is C7H13N5O. The van der Waals surface area contributed by atoms with Crippen molar-refractivity contribution in [1.29, 1.82) is 0 Å². The van der Waals surface area contributed by atoms with Crippen LogP contribution in [-0.2, 0) is 0 Å². The highest BCUT2D eigenvalue weighted by atomic mass is 16.1. The molecule has 1 aromatic heterocycles. The number of carbonyl (C=O) groups is 1. The predicted molar refractivity (Wildman–Crippen MR) is 47.3 cm³/mol. The maximum atomic E-state index is 11.2. The van der Waals surface area contributed by atoms with Crippen molar-refractivity contribution in [2.75, 3.05) is 27.2 Å². The summed E-state index contributed by atoms with van der Waals surface area (Å²) in [5.41, 5.74) is 0.318. The van der Waals surface area contributed by atoms with Gasteiger partial charge >= 0.3 is 0 Å². The van der Waals surface area contributed by atoms with Gasteiger partial charge in [-0.2, -0.15) is 15.4 Å². The molecule has 1 amide bonds. The fraction of sp³-hybridized carbons (Fsp3) is 0.571. The Bertz CT molecular complexity index is 256. The molecule has 0 spiro atoms. The highest BCUT2D eigenvalue weighted by Gasteiger charge is 2.06. The molecule has 1 rings (SSSR count). The Morgan fingerprint density at radius 3 is 3.00 bits per heavy atom. The second-order valence-electron chi connectivity index (χ2n) is 2.91. The minimum absolute atomic E-state index is 0.199. The largest absolute Gasteiger partial charge is 0.349 e. The van der Waals surface area contributed by atoms with Crippen LogP contribution in [0.5, 0.6) is 0 Å². The maximum Gasteiger partial charge on any atom is 0.273 e. The van der Waals surface area contributed by atoms with E-state index in [0.717, 1.165) is 6.54 Å². The number of hydrogen-bond donors (Lipinski definition) is 2. The van der Waals surface area contributed by atoms with E-state index in [4.69, 9.17) is 0 Å². The minimum atomic E-state index is -0.199.